The van der Waals surface area contributed by atoms with Gasteiger partial charge >= 0.3 is 0 Å². The lowest BCUT2D eigenvalue weighted by atomic mass is 10.0. The first-order valence-corrected chi connectivity index (χ1v) is 9.04. The van der Waals surface area contributed by atoms with Crippen LogP contribution in [0.2, 0.25) is 0 Å². The van der Waals surface area contributed by atoms with Gasteiger partial charge in [-0.05, 0) is 42.5 Å². The molecule has 28 heavy (non-hydrogen) atoms. The zero-order valence-corrected chi connectivity index (χ0v) is 15.2. The number of hydrogen-bond acceptors (Lipinski definition) is 4. The topological polar surface area (TPSA) is 53.5 Å². The normalized spacial score (nSPS) is 15.0. The molecule has 4 rings (SSSR count). The molecule has 0 atom stereocenters. The maximum atomic E-state index is 12.7. The van der Waals surface area contributed by atoms with E-state index in [-0.39, 0.29) is 5.78 Å². The summed E-state index contributed by atoms with van der Waals surface area (Å²) in [5.74, 6) is -0.103. The average molecular weight is 365 g/mol. The van der Waals surface area contributed by atoms with Gasteiger partial charge in [0.1, 0.15) is 0 Å². The minimum Gasteiger partial charge on any atom is -0.354 e. The molecule has 0 aliphatic heterocycles. The Bertz CT molecular complexity index is 1050. The molecule has 1 aliphatic carbocycles. The quantitative estimate of drug-likeness (QED) is 0.601. The lowest BCUT2D eigenvalue weighted by Crippen LogP contribution is -2.22. The van der Waals surface area contributed by atoms with Crippen LogP contribution in [-0.4, -0.2) is 11.5 Å². The Balaban J connectivity index is 1.69. The maximum Gasteiger partial charge on any atom is 0.204 e. The first kappa shape index (κ1) is 17.5. The van der Waals surface area contributed by atoms with Gasteiger partial charge in [-0.15, -0.1) is 0 Å². The van der Waals surface area contributed by atoms with Gasteiger partial charge in [-0.1, -0.05) is 54.6 Å². The summed E-state index contributed by atoms with van der Waals surface area (Å²) in [6.45, 7) is 0. The second kappa shape index (κ2) is 8.18. The summed E-state index contributed by atoms with van der Waals surface area (Å²) in [6, 6.07) is 29.1. The second-order valence-corrected chi connectivity index (χ2v) is 6.29. The summed E-state index contributed by atoms with van der Waals surface area (Å²) in [5, 5.41) is 6.49. The summed E-state index contributed by atoms with van der Waals surface area (Å²) in [6.07, 6.45) is 3.37. The highest BCUT2D eigenvalue weighted by molar-refractivity contribution is 6.24. The zero-order chi connectivity index (χ0) is 19.2. The van der Waals surface area contributed by atoms with Crippen LogP contribution in [0.4, 0.5) is 17.1 Å². The lowest BCUT2D eigenvalue weighted by molar-refractivity contribution is -0.111. The monoisotopic (exact) mass is 365 g/mol. The minimum atomic E-state index is -0.103. The van der Waals surface area contributed by atoms with Crippen molar-refractivity contribution in [3.05, 3.63) is 115 Å². The third-order valence-corrected chi connectivity index (χ3v) is 4.21. The number of ketones is 1. The number of aliphatic imine (C=N–C) groups is 1. The molecule has 0 spiro atoms. The van der Waals surface area contributed by atoms with Crippen molar-refractivity contribution >= 4 is 28.6 Å². The Morgan fingerprint density at radius 2 is 1.07 bits per heavy atom. The fourth-order valence-electron chi connectivity index (χ4n) is 2.85. The van der Waals surface area contributed by atoms with Gasteiger partial charge in [-0.3, -0.25) is 4.79 Å². The van der Waals surface area contributed by atoms with Crippen molar-refractivity contribution in [2.24, 2.45) is 4.99 Å². The van der Waals surface area contributed by atoms with Crippen molar-refractivity contribution < 1.29 is 4.79 Å². The number of nitrogens with one attached hydrogen (secondary N) is 2. The van der Waals surface area contributed by atoms with E-state index in [0.717, 1.165) is 17.1 Å². The van der Waals surface area contributed by atoms with E-state index in [0.29, 0.717) is 17.1 Å². The van der Waals surface area contributed by atoms with Gasteiger partial charge < -0.3 is 10.6 Å². The highest BCUT2D eigenvalue weighted by atomic mass is 16.1. The molecule has 0 radical (unpaired) electrons. The second-order valence-electron chi connectivity index (χ2n) is 6.29. The molecular weight excluding hydrogens is 346 g/mol. The fourth-order valence-corrected chi connectivity index (χ4v) is 2.85. The smallest absolute Gasteiger partial charge is 0.204 e. The van der Waals surface area contributed by atoms with E-state index in [1.165, 1.54) is 0 Å². The third-order valence-electron chi connectivity index (χ3n) is 4.21. The molecule has 3 aromatic rings. The van der Waals surface area contributed by atoms with Crippen LogP contribution in [0.15, 0.2) is 120 Å². The van der Waals surface area contributed by atoms with Crippen LogP contribution in [0.1, 0.15) is 0 Å². The number of nitrogens with zero attached hydrogens (tertiary/aromatic N) is 1. The molecule has 3 aromatic carbocycles. The third kappa shape index (κ3) is 4.24. The molecule has 0 amide bonds. The number of para-hydroxylation sites is 3. The molecule has 0 heterocycles. The molecule has 0 bridgehead atoms. The number of hydrogen-bond donors (Lipinski definition) is 2. The number of carbonyl (C=O) groups excluding carboxylic acids is 1. The van der Waals surface area contributed by atoms with Crippen molar-refractivity contribution in [2.75, 3.05) is 10.6 Å². The van der Waals surface area contributed by atoms with E-state index in [1.54, 1.807) is 12.2 Å². The van der Waals surface area contributed by atoms with E-state index in [4.69, 9.17) is 4.99 Å². The number of benzene rings is 3. The molecule has 136 valence electrons. The van der Waals surface area contributed by atoms with Crippen LogP contribution in [0.25, 0.3) is 0 Å². The van der Waals surface area contributed by atoms with Crippen LogP contribution in [0, 0.1) is 0 Å². The number of carbonyl (C=O) groups is 1. The molecular formula is C24H19N3O. The minimum absolute atomic E-state index is 0.103. The molecule has 0 unspecified atom stereocenters. The van der Waals surface area contributed by atoms with Crippen LogP contribution < -0.4 is 10.6 Å². The first-order valence-electron chi connectivity index (χ1n) is 9.04. The first-order chi connectivity index (χ1) is 13.8. The van der Waals surface area contributed by atoms with E-state index in [1.807, 2.05) is 91.0 Å². The Morgan fingerprint density at radius 3 is 1.64 bits per heavy atom. The molecule has 4 heteroatoms. The number of anilines is 2. The van der Waals surface area contributed by atoms with Crippen molar-refractivity contribution in [2.45, 2.75) is 0 Å². The van der Waals surface area contributed by atoms with Gasteiger partial charge in [-0.2, -0.15) is 0 Å². The van der Waals surface area contributed by atoms with E-state index in [9.17, 15) is 4.79 Å². The predicted octanol–water partition coefficient (Wildman–Crippen LogP) is 5.33. The van der Waals surface area contributed by atoms with E-state index in [2.05, 4.69) is 10.6 Å². The van der Waals surface area contributed by atoms with Crippen molar-refractivity contribution in [3.8, 4) is 0 Å². The highest BCUT2D eigenvalue weighted by Gasteiger charge is 2.19. The van der Waals surface area contributed by atoms with Gasteiger partial charge in [0.05, 0.1) is 22.8 Å². The van der Waals surface area contributed by atoms with Crippen LogP contribution in [0.5, 0.6) is 0 Å². The van der Waals surface area contributed by atoms with Gasteiger partial charge in [0.25, 0.3) is 0 Å². The molecule has 0 saturated carbocycles. The average Bonchev–Trinajstić information content (AvgIpc) is 2.74. The molecule has 0 aromatic heterocycles. The predicted molar refractivity (Wildman–Crippen MR) is 115 cm³/mol. The summed E-state index contributed by atoms with van der Waals surface area (Å²) >= 11 is 0. The van der Waals surface area contributed by atoms with Gasteiger partial charge in [0.2, 0.25) is 5.78 Å². The van der Waals surface area contributed by atoms with Crippen molar-refractivity contribution in [1.82, 2.24) is 0 Å². The zero-order valence-electron chi connectivity index (χ0n) is 15.2. The van der Waals surface area contributed by atoms with E-state index < -0.39 is 0 Å². The number of rotatable bonds is 5. The van der Waals surface area contributed by atoms with Gasteiger partial charge in [-0.25, -0.2) is 4.99 Å². The Morgan fingerprint density at radius 1 is 0.571 bits per heavy atom. The molecule has 0 saturated heterocycles. The lowest BCUT2D eigenvalue weighted by Gasteiger charge is -2.18. The highest BCUT2D eigenvalue weighted by Crippen LogP contribution is 2.21. The Labute approximate surface area is 164 Å². The molecule has 4 nitrogen and oxygen atoms in total. The molecule has 2 N–H and O–H groups in total. The van der Waals surface area contributed by atoms with Gasteiger partial charge in [0.15, 0.2) is 0 Å². The van der Waals surface area contributed by atoms with Gasteiger partial charge in [0, 0.05) is 17.5 Å². The SMILES string of the molecule is O=C1C=C(Nc2ccccc2)C(=Nc2ccccc2)C=C1Nc1ccccc1. The number of allylic oxidation sites excluding steroid dienone is 2. The summed E-state index contributed by atoms with van der Waals surface area (Å²) < 4.78 is 0. The largest absolute Gasteiger partial charge is 0.354 e. The van der Waals surface area contributed by atoms with Crippen LogP contribution >= 0.6 is 0 Å². The molecule has 1 aliphatic rings. The van der Waals surface area contributed by atoms with Crippen molar-refractivity contribution in [1.29, 1.82) is 0 Å². The fraction of sp³-hybridized carbons (Fsp3) is 0. The Hall–Kier alpha value is -3.92. The summed E-state index contributed by atoms with van der Waals surface area (Å²) in [4.78, 5) is 17.4. The standard InChI is InChI=1S/C24H19N3O/c28-24-17-22(26-19-12-6-2-7-13-19)21(25-18-10-4-1-5-11-18)16-23(24)27-20-14-8-3-9-15-20/h1-17,26-27H. The van der Waals surface area contributed by atoms with Crippen LogP contribution in [0.3, 0.4) is 0 Å². The van der Waals surface area contributed by atoms with Crippen LogP contribution in [-0.2, 0) is 4.79 Å². The summed E-state index contributed by atoms with van der Waals surface area (Å²) in [7, 11) is 0. The van der Waals surface area contributed by atoms with Crippen molar-refractivity contribution in [3.63, 3.8) is 0 Å². The molecule has 0 fully saturated rings. The van der Waals surface area contributed by atoms with E-state index >= 15 is 0 Å². The Kier molecular flexibility index (Phi) is 5.11. The summed E-state index contributed by atoms with van der Waals surface area (Å²) in [5.41, 5.74) is 4.42. The maximum absolute atomic E-state index is 12.7.